The Balaban J connectivity index is 1.79. The van der Waals surface area contributed by atoms with Crippen LogP contribution in [0.1, 0.15) is 12.5 Å². The predicted molar refractivity (Wildman–Crippen MR) is 74.8 cm³/mol. The largest absolute Gasteiger partial charge is 0.381 e. The summed E-state index contributed by atoms with van der Waals surface area (Å²) in [5, 5.41) is 16.3. The van der Waals surface area contributed by atoms with Gasteiger partial charge < -0.3 is 10.6 Å². The van der Waals surface area contributed by atoms with Crippen molar-refractivity contribution in [3.63, 3.8) is 0 Å². The second-order valence-electron chi connectivity index (χ2n) is 4.88. The molecule has 0 amide bonds. The molecule has 1 aliphatic heterocycles. The van der Waals surface area contributed by atoms with Crippen molar-refractivity contribution in [1.29, 1.82) is 5.26 Å². The van der Waals surface area contributed by atoms with Crippen molar-refractivity contribution in [3.8, 4) is 6.07 Å². The molecule has 2 unspecified atom stereocenters. The molecular weight excluding hydrogens is 242 g/mol. The van der Waals surface area contributed by atoms with Gasteiger partial charge in [-0.1, -0.05) is 13.0 Å². The van der Waals surface area contributed by atoms with Gasteiger partial charge in [0.05, 0.1) is 11.3 Å². The van der Waals surface area contributed by atoms with Gasteiger partial charge in [0.15, 0.2) is 0 Å². The molecule has 94 valence electrons. The lowest BCUT2D eigenvalue weighted by Crippen LogP contribution is -2.21. The second-order valence-corrected chi connectivity index (χ2v) is 6.19. The zero-order chi connectivity index (χ0) is 12.5. The Bertz CT molecular complexity index is 484. The van der Waals surface area contributed by atoms with Crippen molar-refractivity contribution in [1.82, 2.24) is 5.32 Å². The fraction of sp³-hybridized carbons (Fsp3) is 0.500. The molecule has 2 atom stereocenters. The molecule has 1 aromatic rings. The Morgan fingerprint density at radius 2 is 2.22 bits per heavy atom. The van der Waals surface area contributed by atoms with Crippen LogP contribution in [0.4, 0.5) is 5.69 Å². The number of thioether (sulfide) groups is 1. The molecule has 1 saturated heterocycles. The molecule has 2 fully saturated rings. The van der Waals surface area contributed by atoms with Crippen molar-refractivity contribution in [2.75, 3.05) is 24.2 Å². The summed E-state index contributed by atoms with van der Waals surface area (Å²) in [5.74, 6) is 2.52. The van der Waals surface area contributed by atoms with Crippen LogP contribution in [0.2, 0.25) is 0 Å². The SMILES string of the molecule is CCSc1cccc(NC2C3CNCC32)c1C#N. The summed E-state index contributed by atoms with van der Waals surface area (Å²) in [4.78, 5) is 1.09. The van der Waals surface area contributed by atoms with Crippen molar-refractivity contribution in [2.45, 2.75) is 17.9 Å². The van der Waals surface area contributed by atoms with Crippen LogP contribution in [-0.2, 0) is 0 Å². The zero-order valence-electron chi connectivity index (χ0n) is 10.4. The van der Waals surface area contributed by atoms with Gasteiger partial charge in [0, 0.05) is 24.0 Å². The molecule has 4 heteroatoms. The summed E-state index contributed by atoms with van der Waals surface area (Å²) in [7, 11) is 0. The van der Waals surface area contributed by atoms with Crippen molar-refractivity contribution in [2.24, 2.45) is 11.8 Å². The number of fused-ring (bicyclic) bond motifs is 1. The van der Waals surface area contributed by atoms with Crippen molar-refractivity contribution < 1.29 is 0 Å². The van der Waals surface area contributed by atoms with Gasteiger partial charge in [-0.25, -0.2) is 0 Å². The molecule has 18 heavy (non-hydrogen) atoms. The van der Waals surface area contributed by atoms with Crippen LogP contribution in [-0.4, -0.2) is 24.9 Å². The monoisotopic (exact) mass is 259 g/mol. The van der Waals surface area contributed by atoms with Gasteiger partial charge in [-0.05, 0) is 29.7 Å². The summed E-state index contributed by atoms with van der Waals surface area (Å²) in [6.45, 7) is 4.35. The smallest absolute Gasteiger partial charge is 0.102 e. The van der Waals surface area contributed by atoms with Crippen LogP contribution >= 0.6 is 11.8 Å². The topological polar surface area (TPSA) is 47.8 Å². The van der Waals surface area contributed by atoms with E-state index in [0.29, 0.717) is 6.04 Å². The Labute approximate surface area is 112 Å². The van der Waals surface area contributed by atoms with E-state index in [2.05, 4.69) is 23.6 Å². The first-order chi connectivity index (χ1) is 8.85. The Morgan fingerprint density at radius 3 is 2.89 bits per heavy atom. The number of rotatable bonds is 4. The summed E-state index contributed by atoms with van der Waals surface area (Å²) >= 11 is 1.73. The molecule has 1 aliphatic carbocycles. The predicted octanol–water partition coefficient (Wildman–Crippen LogP) is 2.30. The molecular formula is C14H17N3S. The van der Waals surface area contributed by atoms with Crippen molar-refractivity contribution >= 4 is 17.4 Å². The molecule has 3 rings (SSSR count). The van der Waals surface area contributed by atoms with E-state index in [0.717, 1.165) is 46.8 Å². The third-order valence-corrected chi connectivity index (χ3v) is 4.79. The van der Waals surface area contributed by atoms with E-state index in [1.54, 1.807) is 11.8 Å². The minimum Gasteiger partial charge on any atom is -0.381 e. The molecule has 3 nitrogen and oxygen atoms in total. The van der Waals surface area contributed by atoms with Gasteiger partial charge in [-0.2, -0.15) is 5.26 Å². The van der Waals surface area contributed by atoms with E-state index >= 15 is 0 Å². The zero-order valence-corrected chi connectivity index (χ0v) is 11.3. The molecule has 1 heterocycles. The molecule has 0 aromatic heterocycles. The molecule has 1 aromatic carbocycles. The molecule has 1 saturated carbocycles. The van der Waals surface area contributed by atoms with Gasteiger partial charge in [0.1, 0.15) is 6.07 Å². The van der Waals surface area contributed by atoms with E-state index in [1.165, 1.54) is 0 Å². The number of hydrogen-bond acceptors (Lipinski definition) is 4. The number of hydrogen-bond donors (Lipinski definition) is 2. The fourth-order valence-electron chi connectivity index (χ4n) is 2.85. The van der Waals surface area contributed by atoms with Gasteiger partial charge in [-0.15, -0.1) is 11.8 Å². The average molecular weight is 259 g/mol. The van der Waals surface area contributed by atoms with Crippen LogP contribution in [0.5, 0.6) is 0 Å². The highest BCUT2D eigenvalue weighted by Gasteiger charge is 2.53. The number of nitrogens with one attached hydrogen (secondary N) is 2. The second kappa shape index (κ2) is 4.83. The summed E-state index contributed by atoms with van der Waals surface area (Å²) in [6, 6.07) is 9.02. The van der Waals surface area contributed by atoms with Gasteiger partial charge in [-0.3, -0.25) is 0 Å². The van der Waals surface area contributed by atoms with Gasteiger partial charge in [0.25, 0.3) is 0 Å². The molecule has 2 N–H and O–H groups in total. The normalized spacial score (nSPS) is 28.6. The Morgan fingerprint density at radius 1 is 1.44 bits per heavy atom. The lowest BCUT2D eigenvalue weighted by atomic mass is 10.2. The standard InChI is InChI=1S/C14H17N3S/c1-2-18-13-5-3-4-12(9(13)6-15)17-14-10-7-16-8-11(10)14/h3-5,10-11,14,16-17H,2,7-8H2,1H3. The van der Waals surface area contributed by atoms with E-state index in [9.17, 15) is 5.26 Å². The highest BCUT2D eigenvalue weighted by atomic mass is 32.2. The third-order valence-electron chi connectivity index (χ3n) is 3.85. The van der Waals surface area contributed by atoms with Crippen molar-refractivity contribution in [3.05, 3.63) is 23.8 Å². The molecule has 2 aliphatic rings. The molecule has 0 spiro atoms. The maximum atomic E-state index is 9.35. The quantitative estimate of drug-likeness (QED) is 0.815. The highest BCUT2D eigenvalue weighted by molar-refractivity contribution is 7.99. The van der Waals surface area contributed by atoms with Crippen LogP contribution in [0.25, 0.3) is 0 Å². The maximum absolute atomic E-state index is 9.35. The van der Waals surface area contributed by atoms with E-state index < -0.39 is 0 Å². The number of anilines is 1. The first-order valence-corrected chi connectivity index (χ1v) is 7.47. The fourth-order valence-corrected chi connectivity index (χ4v) is 3.64. The van der Waals surface area contributed by atoms with Gasteiger partial charge >= 0.3 is 0 Å². The van der Waals surface area contributed by atoms with Crippen LogP contribution in [0, 0.1) is 23.2 Å². The lowest BCUT2D eigenvalue weighted by Gasteiger charge is -2.12. The van der Waals surface area contributed by atoms with Crippen LogP contribution < -0.4 is 10.6 Å². The first-order valence-electron chi connectivity index (χ1n) is 6.48. The van der Waals surface area contributed by atoms with Gasteiger partial charge in [0.2, 0.25) is 0 Å². The van der Waals surface area contributed by atoms with Crippen LogP contribution in [0.15, 0.2) is 23.1 Å². The van der Waals surface area contributed by atoms with E-state index in [1.807, 2.05) is 18.2 Å². The third kappa shape index (κ3) is 1.98. The van der Waals surface area contributed by atoms with E-state index in [4.69, 9.17) is 0 Å². The summed E-state index contributed by atoms with van der Waals surface area (Å²) < 4.78 is 0. The minimum absolute atomic E-state index is 0.570. The first kappa shape index (κ1) is 11.9. The Kier molecular flexibility index (Phi) is 3.19. The van der Waals surface area contributed by atoms with E-state index in [-0.39, 0.29) is 0 Å². The number of piperidine rings is 1. The maximum Gasteiger partial charge on any atom is 0.102 e. The molecule has 0 radical (unpaired) electrons. The summed E-state index contributed by atoms with van der Waals surface area (Å²) in [6.07, 6.45) is 0. The van der Waals surface area contributed by atoms with Crippen LogP contribution in [0.3, 0.4) is 0 Å². The highest BCUT2D eigenvalue weighted by Crippen LogP contribution is 2.44. The molecule has 0 bridgehead atoms. The lowest BCUT2D eigenvalue weighted by molar-refractivity contribution is 0.697. The number of benzene rings is 1. The summed E-state index contributed by atoms with van der Waals surface area (Å²) in [5.41, 5.74) is 1.82. The Hall–Kier alpha value is -1.18. The average Bonchev–Trinajstić information content (AvgIpc) is 2.83. The minimum atomic E-state index is 0.570. The number of nitrogens with zero attached hydrogens (tertiary/aromatic N) is 1. The number of nitriles is 1.